The minimum absolute atomic E-state index is 0. The molecule has 0 aliphatic carbocycles. The normalized spacial score (nSPS) is 16.4. The Balaban J connectivity index is 0. The molecule has 0 unspecified atom stereocenters. The van der Waals surface area contributed by atoms with Crippen molar-refractivity contribution in [1.29, 1.82) is 0 Å². The fourth-order valence-electron chi connectivity index (χ4n) is 1.06. The highest BCUT2D eigenvalue weighted by molar-refractivity contribution is 7.54. The quantitative estimate of drug-likeness (QED) is 0.466. The van der Waals surface area contributed by atoms with Crippen LogP contribution in [-0.4, -0.2) is 21.7 Å². The Morgan fingerprint density at radius 3 is 1.36 bits per heavy atom. The van der Waals surface area contributed by atoms with Crippen molar-refractivity contribution < 1.29 is 5.48 Å². The minimum Gasteiger partial charge on any atom is -0.412 e. The number of rotatable bonds is 0. The van der Waals surface area contributed by atoms with Crippen LogP contribution in [0.2, 0.25) is 12.1 Å². The highest BCUT2D eigenvalue weighted by Crippen LogP contribution is 2.10. The van der Waals surface area contributed by atoms with Crippen molar-refractivity contribution in [1.82, 2.24) is 0 Å². The van der Waals surface area contributed by atoms with Gasteiger partial charge in [0.15, 0.2) is 0 Å². The Labute approximate surface area is 86.3 Å². The van der Waals surface area contributed by atoms with E-state index in [9.17, 15) is 0 Å². The van der Waals surface area contributed by atoms with Crippen molar-refractivity contribution in [3.8, 4) is 0 Å². The van der Waals surface area contributed by atoms with Crippen LogP contribution in [0.3, 0.4) is 0 Å². The molecule has 0 aromatic carbocycles. The summed E-state index contributed by atoms with van der Waals surface area (Å²) in [5.74, 6) is 0. The van der Waals surface area contributed by atoms with Crippen LogP contribution in [0.15, 0.2) is 0 Å². The predicted molar refractivity (Wildman–Crippen MR) is 60.3 cm³/mol. The number of halogens is 3. The third-order valence-corrected chi connectivity index (χ3v) is 3.50. The zero-order chi connectivity index (χ0) is 7.82. The Kier molecular flexibility index (Phi) is 15.1. The van der Waals surface area contributed by atoms with Gasteiger partial charge in [-0.2, -0.15) is 0 Å². The maximum absolute atomic E-state index is 4.94. The summed E-state index contributed by atoms with van der Waals surface area (Å²) >= 11 is 14.8. The summed E-state index contributed by atoms with van der Waals surface area (Å²) in [7, 11) is 0.508. The molecule has 0 spiro atoms. The molecular weight excluding hydrogens is 239 g/mol. The van der Waals surface area contributed by atoms with Crippen molar-refractivity contribution >= 4 is 49.5 Å². The third-order valence-electron chi connectivity index (χ3n) is 1.50. The molecule has 1 aliphatic heterocycles. The molecule has 0 bridgehead atoms. The summed E-state index contributed by atoms with van der Waals surface area (Å²) in [6.45, 7) is -1.72. The van der Waals surface area contributed by atoms with Crippen LogP contribution in [-0.2, 0) is 0 Å². The van der Waals surface area contributed by atoms with Gasteiger partial charge in [-0.1, -0.05) is 31.4 Å². The van der Waals surface area contributed by atoms with E-state index in [0.717, 1.165) is 0 Å². The lowest BCUT2D eigenvalue weighted by Gasteiger charge is -2.04. The molecule has 1 fully saturated rings. The van der Waals surface area contributed by atoms with Gasteiger partial charge < -0.3 is 5.48 Å². The van der Waals surface area contributed by atoms with Gasteiger partial charge in [-0.05, 0) is 0 Å². The maximum Gasteiger partial charge on any atom is 0.326 e. The highest BCUT2D eigenvalue weighted by atomic mass is 35.8. The second-order valence-corrected chi connectivity index (χ2v) is 10.9. The van der Waals surface area contributed by atoms with E-state index in [-0.39, 0.29) is 5.48 Å². The number of hydrogen-bond acceptors (Lipinski definition) is 0. The molecule has 11 heavy (non-hydrogen) atoms. The van der Waals surface area contributed by atoms with Crippen LogP contribution in [0.4, 0.5) is 0 Å². The van der Waals surface area contributed by atoms with E-state index in [1.807, 2.05) is 0 Å². The lowest BCUT2D eigenvalue weighted by molar-refractivity contribution is 0.734. The van der Waals surface area contributed by atoms with E-state index in [1.54, 1.807) is 24.9 Å². The summed E-state index contributed by atoms with van der Waals surface area (Å²) in [5.41, 5.74) is 0. The second-order valence-electron chi connectivity index (χ2n) is 2.37. The monoisotopic (exact) mass is 252 g/mol. The molecule has 0 atom stereocenters. The van der Waals surface area contributed by atoms with Crippen LogP contribution in [0.1, 0.15) is 19.3 Å². The standard InChI is InChI=1S/C5H12Si.Cl3HSi.H2O/c1-2-4-6-5-3-1;1-4(2)3;/h1-6H2;4H;1H2. The van der Waals surface area contributed by atoms with Crippen molar-refractivity contribution in [2.24, 2.45) is 0 Å². The van der Waals surface area contributed by atoms with E-state index in [1.165, 1.54) is 6.42 Å². The van der Waals surface area contributed by atoms with E-state index < -0.39 is 6.73 Å². The first-order valence-corrected chi connectivity index (χ1v) is 10.9. The van der Waals surface area contributed by atoms with E-state index >= 15 is 0 Å². The molecule has 1 nitrogen and oxygen atoms in total. The van der Waals surface area contributed by atoms with E-state index in [2.05, 4.69) is 0 Å². The molecule has 2 N–H and O–H groups in total. The van der Waals surface area contributed by atoms with Crippen LogP contribution >= 0.6 is 33.2 Å². The zero-order valence-electron chi connectivity index (χ0n) is 6.45. The Morgan fingerprint density at radius 2 is 1.27 bits per heavy atom. The molecule has 6 heteroatoms. The topological polar surface area (TPSA) is 31.5 Å². The van der Waals surface area contributed by atoms with Gasteiger partial charge in [0.05, 0.1) is 0 Å². The molecule has 0 saturated carbocycles. The molecular formula is C5H15Cl3OSi2. The first kappa shape index (κ1) is 14.8. The molecule has 0 amide bonds. The average Bonchev–Trinajstić information content (AvgIpc) is 1.90. The lowest BCUT2D eigenvalue weighted by Crippen LogP contribution is -1.94. The van der Waals surface area contributed by atoms with Crippen LogP contribution in [0.25, 0.3) is 0 Å². The van der Waals surface area contributed by atoms with Crippen LogP contribution in [0.5, 0.6) is 0 Å². The minimum atomic E-state index is -1.72. The summed E-state index contributed by atoms with van der Waals surface area (Å²) in [5, 5.41) is 0. The van der Waals surface area contributed by atoms with E-state index in [4.69, 9.17) is 33.2 Å². The van der Waals surface area contributed by atoms with Gasteiger partial charge in [-0.3, -0.25) is 0 Å². The van der Waals surface area contributed by atoms with E-state index in [0.29, 0.717) is 9.52 Å². The predicted octanol–water partition coefficient (Wildman–Crippen LogP) is 1.77. The smallest absolute Gasteiger partial charge is 0.326 e. The molecule has 0 aromatic rings. The second kappa shape index (κ2) is 11.3. The van der Waals surface area contributed by atoms with Crippen LogP contribution < -0.4 is 0 Å². The van der Waals surface area contributed by atoms with Crippen molar-refractivity contribution in [3.05, 3.63) is 0 Å². The lowest BCUT2D eigenvalue weighted by atomic mass is 10.3. The van der Waals surface area contributed by atoms with Gasteiger partial charge >= 0.3 is 6.73 Å². The Bertz CT molecular complexity index is 56.5. The molecule has 70 valence electrons. The molecule has 0 aromatic heterocycles. The number of hydrogen-bond donors (Lipinski definition) is 0. The largest absolute Gasteiger partial charge is 0.412 e. The SMILES string of the molecule is C1CC[SiH2]CC1.Cl[SiH](Cl)Cl.O. The third kappa shape index (κ3) is 18.3. The fraction of sp³-hybridized carbons (Fsp3) is 1.00. The van der Waals surface area contributed by atoms with Gasteiger partial charge in [0.25, 0.3) is 0 Å². The fourth-order valence-corrected chi connectivity index (χ4v) is 2.83. The summed E-state index contributed by atoms with van der Waals surface area (Å²) in [4.78, 5) is 0. The first-order valence-electron chi connectivity index (χ1n) is 3.65. The summed E-state index contributed by atoms with van der Waals surface area (Å²) in [6, 6.07) is 3.28. The molecule has 1 aliphatic rings. The van der Waals surface area contributed by atoms with Crippen LogP contribution in [0, 0.1) is 0 Å². The van der Waals surface area contributed by atoms with Gasteiger partial charge in [0.2, 0.25) is 0 Å². The van der Waals surface area contributed by atoms with Gasteiger partial charge in [0, 0.05) is 9.52 Å². The molecule has 1 heterocycles. The van der Waals surface area contributed by atoms with Crippen molar-refractivity contribution in [2.45, 2.75) is 31.4 Å². The summed E-state index contributed by atoms with van der Waals surface area (Å²) in [6.07, 6.45) is 4.66. The van der Waals surface area contributed by atoms with Crippen molar-refractivity contribution in [2.75, 3.05) is 0 Å². The van der Waals surface area contributed by atoms with Crippen molar-refractivity contribution in [3.63, 3.8) is 0 Å². The summed E-state index contributed by atoms with van der Waals surface area (Å²) < 4.78 is 0. The van der Waals surface area contributed by atoms with Gasteiger partial charge in [0.1, 0.15) is 0 Å². The maximum atomic E-state index is 4.94. The van der Waals surface area contributed by atoms with Gasteiger partial charge in [-0.25, -0.2) is 0 Å². The molecule has 1 saturated heterocycles. The van der Waals surface area contributed by atoms with Gasteiger partial charge in [-0.15, -0.1) is 33.2 Å². The average molecular weight is 254 g/mol. The molecule has 1 rings (SSSR count). The highest BCUT2D eigenvalue weighted by Gasteiger charge is 1.96. The first-order chi connectivity index (χ1) is 4.73. The zero-order valence-corrected chi connectivity index (χ0v) is 11.3. The Hall–Kier alpha value is 1.26. The molecule has 0 radical (unpaired) electrons. The Morgan fingerprint density at radius 1 is 0.909 bits per heavy atom.